The molecule has 0 aliphatic carbocycles. The van der Waals surface area contributed by atoms with E-state index in [1.165, 1.54) is 16.4 Å². The fourth-order valence-corrected chi connectivity index (χ4v) is 6.36. The van der Waals surface area contributed by atoms with Crippen LogP contribution in [0.15, 0.2) is 59.1 Å². The molecule has 0 spiro atoms. The third-order valence-corrected chi connectivity index (χ3v) is 8.37. The van der Waals surface area contributed by atoms with Crippen LogP contribution in [0.2, 0.25) is 0 Å². The van der Waals surface area contributed by atoms with E-state index in [1.54, 1.807) is 23.1 Å². The van der Waals surface area contributed by atoms with Crippen molar-refractivity contribution in [1.29, 1.82) is 0 Å². The van der Waals surface area contributed by atoms with Gasteiger partial charge in [-0.2, -0.15) is 9.40 Å². The van der Waals surface area contributed by atoms with Gasteiger partial charge in [-0.25, -0.2) is 13.2 Å². The lowest BCUT2D eigenvalue weighted by Gasteiger charge is -2.13. The van der Waals surface area contributed by atoms with Crippen molar-refractivity contribution in [3.63, 3.8) is 0 Å². The van der Waals surface area contributed by atoms with Crippen LogP contribution in [-0.4, -0.2) is 46.7 Å². The lowest BCUT2D eigenvalue weighted by molar-refractivity contribution is -0.130. The molecule has 0 atom stereocenters. The fraction of sp³-hybridized carbons (Fsp3) is 0.238. The van der Waals surface area contributed by atoms with Gasteiger partial charge in [0.25, 0.3) is 10.0 Å². The Hall–Kier alpha value is -2.75. The van der Waals surface area contributed by atoms with Crippen molar-refractivity contribution >= 4 is 39.0 Å². The van der Waals surface area contributed by atoms with Crippen LogP contribution in [0, 0.1) is 0 Å². The highest BCUT2D eigenvalue weighted by Gasteiger charge is 2.29. The van der Waals surface area contributed by atoms with Crippen LogP contribution in [-0.2, 0) is 21.4 Å². The highest BCUT2D eigenvalue weighted by molar-refractivity contribution is 7.91. The Morgan fingerprint density at radius 2 is 1.87 bits per heavy atom. The summed E-state index contributed by atoms with van der Waals surface area (Å²) < 4.78 is 28.8. The summed E-state index contributed by atoms with van der Waals surface area (Å²) in [5, 5.41) is 14.0. The summed E-state index contributed by atoms with van der Waals surface area (Å²) >= 11 is 0.986. The van der Waals surface area contributed by atoms with E-state index in [-0.39, 0.29) is 9.78 Å². The summed E-state index contributed by atoms with van der Waals surface area (Å²) in [7, 11) is -3.57. The average Bonchev–Trinajstić information content (AvgIpc) is 3.48. The molecule has 0 bridgehead atoms. The standard InChI is InChI=1S/C21H21N3O4S2/c25-21(26)18(12-17-13-22-23(15-17)14-16-6-2-1-3-7-16)19-8-9-20(29-19)30(27,28)24-10-4-5-11-24/h1-3,6-9,12-13,15H,4-5,10-11,14H2,(H,25,26)/b18-12-. The summed E-state index contributed by atoms with van der Waals surface area (Å²) in [6.07, 6.45) is 6.59. The highest BCUT2D eigenvalue weighted by Crippen LogP contribution is 2.32. The second-order valence-electron chi connectivity index (χ2n) is 7.05. The molecule has 3 aromatic rings. The number of hydrogen-bond acceptors (Lipinski definition) is 5. The first kappa shape index (κ1) is 20.5. The van der Waals surface area contributed by atoms with Gasteiger partial charge in [0, 0.05) is 29.7 Å². The number of aliphatic carboxylic acids is 1. The van der Waals surface area contributed by atoms with Crippen molar-refractivity contribution in [3.8, 4) is 0 Å². The lowest BCUT2D eigenvalue weighted by atomic mass is 10.1. The molecule has 1 fully saturated rings. The van der Waals surface area contributed by atoms with Crippen LogP contribution in [0.4, 0.5) is 0 Å². The first-order valence-electron chi connectivity index (χ1n) is 9.55. The maximum absolute atomic E-state index is 12.7. The predicted molar refractivity (Wildman–Crippen MR) is 116 cm³/mol. The minimum absolute atomic E-state index is 0.0436. The number of sulfonamides is 1. The smallest absolute Gasteiger partial charge is 0.337 e. The van der Waals surface area contributed by atoms with Crippen molar-refractivity contribution in [2.24, 2.45) is 0 Å². The van der Waals surface area contributed by atoms with Crippen LogP contribution in [0.1, 0.15) is 28.8 Å². The van der Waals surface area contributed by atoms with Crippen LogP contribution >= 0.6 is 11.3 Å². The highest BCUT2D eigenvalue weighted by atomic mass is 32.2. The monoisotopic (exact) mass is 443 g/mol. The molecule has 2 aromatic heterocycles. The minimum atomic E-state index is -3.57. The summed E-state index contributed by atoms with van der Waals surface area (Å²) in [5.74, 6) is -1.11. The largest absolute Gasteiger partial charge is 0.478 e. The normalized spacial score (nSPS) is 15.5. The van der Waals surface area contributed by atoms with Crippen molar-refractivity contribution in [1.82, 2.24) is 14.1 Å². The second kappa shape index (κ2) is 8.55. The van der Waals surface area contributed by atoms with Crippen LogP contribution in [0.5, 0.6) is 0 Å². The van der Waals surface area contributed by atoms with Gasteiger partial charge in [-0.3, -0.25) is 4.68 Å². The van der Waals surface area contributed by atoms with E-state index in [4.69, 9.17) is 0 Å². The van der Waals surface area contributed by atoms with Crippen molar-refractivity contribution < 1.29 is 18.3 Å². The fourth-order valence-electron chi connectivity index (χ4n) is 3.38. The predicted octanol–water partition coefficient (Wildman–Crippen LogP) is 3.40. The van der Waals surface area contributed by atoms with Gasteiger partial charge in [-0.05, 0) is 36.6 Å². The van der Waals surface area contributed by atoms with Crippen molar-refractivity contribution in [2.45, 2.75) is 23.6 Å². The van der Waals surface area contributed by atoms with Gasteiger partial charge < -0.3 is 5.11 Å². The van der Waals surface area contributed by atoms with E-state index >= 15 is 0 Å². The van der Waals surface area contributed by atoms with Gasteiger partial charge in [0.05, 0.1) is 18.3 Å². The van der Waals surface area contributed by atoms with Crippen molar-refractivity contribution in [3.05, 3.63) is 70.9 Å². The molecule has 9 heteroatoms. The number of carboxylic acid groups (broad SMARTS) is 1. The molecule has 1 aliphatic heterocycles. The third kappa shape index (κ3) is 4.38. The van der Waals surface area contributed by atoms with Gasteiger partial charge in [0.15, 0.2) is 0 Å². The minimum Gasteiger partial charge on any atom is -0.478 e. The number of nitrogens with zero attached hydrogens (tertiary/aromatic N) is 3. The summed E-state index contributed by atoms with van der Waals surface area (Å²) in [5.41, 5.74) is 1.77. The van der Waals surface area contributed by atoms with E-state index in [0.717, 1.165) is 29.7 Å². The number of hydrogen-bond donors (Lipinski definition) is 1. The van der Waals surface area contributed by atoms with Gasteiger partial charge in [-0.15, -0.1) is 11.3 Å². The molecule has 0 amide bonds. The first-order valence-corrected chi connectivity index (χ1v) is 11.8. The van der Waals surface area contributed by atoms with E-state index in [9.17, 15) is 18.3 Å². The molecule has 1 saturated heterocycles. The Morgan fingerprint density at radius 1 is 1.13 bits per heavy atom. The molecule has 0 unspecified atom stereocenters. The zero-order chi connectivity index (χ0) is 21.1. The average molecular weight is 444 g/mol. The van der Waals surface area contributed by atoms with E-state index < -0.39 is 16.0 Å². The lowest BCUT2D eigenvalue weighted by Crippen LogP contribution is -2.27. The Kier molecular flexibility index (Phi) is 5.85. The molecule has 30 heavy (non-hydrogen) atoms. The Labute approximate surface area is 178 Å². The van der Waals surface area contributed by atoms with Crippen LogP contribution < -0.4 is 0 Å². The quantitative estimate of drug-likeness (QED) is 0.565. The van der Waals surface area contributed by atoms with E-state index in [0.29, 0.717) is 30.1 Å². The van der Waals surface area contributed by atoms with Gasteiger partial charge in [0.1, 0.15) is 4.21 Å². The summed E-state index contributed by atoms with van der Waals surface area (Å²) in [4.78, 5) is 12.3. The molecule has 156 valence electrons. The summed E-state index contributed by atoms with van der Waals surface area (Å²) in [6.45, 7) is 1.60. The molecule has 4 rings (SSSR count). The third-order valence-electron chi connectivity index (χ3n) is 4.89. The number of aromatic nitrogens is 2. The zero-order valence-corrected chi connectivity index (χ0v) is 17.8. The second-order valence-corrected chi connectivity index (χ2v) is 10.3. The van der Waals surface area contributed by atoms with Gasteiger partial charge in [0.2, 0.25) is 0 Å². The number of carbonyl (C=O) groups is 1. The Morgan fingerprint density at radius 3 is 2.57 bits per heavy atom. The summed E-state index contributed by atoms with van der Waals surface area (Å²) in [6, 6.07) is 12.9. The molecule has 1 N–H and O–H groups in total. The number of benzene rings is 1. The molecule has 0 saturated carbocycles. The molecule has 3 heterocycles. The first-order chi connectivity index (χ1) is 14.4. The number of thiophene rings is 1. The van der Waals surface area contributed by atoms with Crippen LogP contribution in [0.3, 0.4) is 0 Å². The van der Waals surface area contributed by atoms with E-state index in [1.807, 2.05) is 30.3 Å². The Balaban J connectivity index is 1.58. The van der Waals surface area contributed by atoms with Gasteiger partial charge >= 0.3 is 5.97 Å². The van der Waals surface area contributed by atoms with E-state index in [2.05, 4.69) is 5.10 Å². The molecular formula is C21H21N3O4S2. The topological polar surface area (TPSA) is 92.5 Å². The number of rotatable bonds is 7. The molecule has 7 nitrogen and oxygen atoms in total. The maximum atomic E-state index is 12.7. The molecule has 0 radical (unpaired) electrons. The van der Waals surface area contributed by atoms with Gasteiger partial charge in [-0.1, -0.05) is 30.3 Å². The van der Waals surface area contributed by atoms with Crippen molar-refractivity contribution in [2.75, 3.05) is 13.1 Å². The zero-order valence-electron chi connectivity index (χ0n) is 16.1. The maximum Gasteiger partial charge on any atom is 0.337 e. The SMILES string of the molecule is O=C(O)/C(=C\c1cnn(Cc2ccccc2)c1)c1ccc(S(=O)(=O)N2CCCC2)s1. The molecule has 1 aromatic carbocycles. The number of carboxylic acids is 1. The molecule has 1 aliphatic rings. The Bertz CT molecular complexity index is 1170. The van der Waals surface area contributed by atoms with Crippen LogP contribution in [0.25, 0.3) is 11.6 Å². The molecular weight excluding hydrogens is 422 g/mol.